The third kappa shape index (κ3) is 4.35. The molecule has 11 nitrogen and oxygen atoms in total. The second kappa shape index (κ2) is 9.33. The van der Waals surface area contributed by atoms with Crippen LogP contribution in [0, 0.1) is 0 Å². The number of nitrogens with one attached hydrogen (secondary N) is 3. The molecular formula is C25H24N8O3. The van der Waals surface area contributed by atoms with Crippen LogP contribution < -0.4 is 15.4 Å². The van der Waals surface area contributed by atoms with Gasteiger partial charge in [0.2, 0.25) is 0 Å². The fourth-order valence-electron chi connectivity index (χ4n) is 4.96. The summed E-state index contributed by atoms with van der Waals surface area (Å²) in [6, 6.07) is 7.21. The second-order valence-electron chi connectivity index (χ2n) is 9.04. The van der Waals surface area contributed by atoms with Crippen molar-refractivity contribution in [2.24, 2.45) is 0 Å². The van der Waals surface area contributed by atoms with Gasteiger partial charge >= 0.3 is 0 Å². The van der Waals surface area contributed by atoms with E-state index in [1.54, 1.807) is 0 Å². The minimum absolute atomic E-state index is 0.0880. The molecule has 0 radical (unpaired) electrons. The van der Waals surface area contributed by atoms with Crippen LogP contribution in [-0.4, -0.2) is 55.1 Å². The van der Waals surface area contributed by atoms with E-state index in [-0.39, 0.29) is 35.2 Å². The molecule has 36 heavy (non-hydrogen) atoms. The predicted molar refractivity (Wildman–Crippen MR) is 127 cm³/mol. The second-order valence-corrected chi connectivity index (χ2v) is 9.04. The van der Waals surface area contributed by atoms with Crippen molar-refractivity contribution >= 4 is 11.8 Å². The van der Waals surface area contributed by atoms with Crippen molar-refractivity contribution in [2.75, 3.05) is 6.61 Å². The number of aromatic amines is 1. The lowest BCUT2D eigenvalue weighted by Gasteiger charge is -2.19. The first-order chi connectivity index (χ1) is 17.6. The fourth-order valence-corrected chi connectivity index (χ4v) is 4.96. The van der Waals surface area contributed by atoms with Crippen molar-refractivity contribution in [2.45, 2.75) is 44.2 Å². The molecule has 1 fully saturated rings. The number of hydrogen-bond donors (Lipinski definition) is 3. The highest BCUT2D eigenvalue weighted by molar-refractivity contribution is 5.97. The van der Waals surface area contributed by atoms with Crippen molar-refractivity contribution in [3.05, 3.63) is 82.2 Å². The highest BCUT2D eigenvalue weighted by atomic mass is 16.5. The zero-order chi connectivity index (χ0) is 24.5. The van der Waals surface area contributed by atoms with Gasteiger partial charge in [0, 0.05) is 24.9 Å². The van der Waals surface area contributed by atoms with E-state index in [1.165, 1.54) is 18.0 Å². The van der Waals surface area contributed by atoms with Crippen molar-refractivity contribution < 1.29 is 14.3 Å². The van der Waals surface area contributed by atoms with E-state index < -0.39 is 0 Å². The number of hydrogen-bond acceptors (Lipinski definition) is 8. The summed E-state index contributed by atoms with van der Waals surface area (Å²) < 4.78 is 5.52. The largest absolute Gasteiger partial charge is 0.493 e. The number of amides is 2. The first-order valence-electron chi connectivity index (χ1n) is 11.9. The Morgan fingerprint density at radius 3 is 2.86 bits per heavy atom. The molecule has 11 heteroatoms. The molecule has 1 aromatic carbocycles. The summed E-state index contributed by atoms with van der Waals surface area (Å²) in [4.78, 5) is 33.8. The number of fused-ring (bicyclic) bond motifs is 2. The zero-order valence-corrected chi connectivity index (χ0v) is 19.4. The van der Waals surface area contributed by atoms with E-state index in [0.29, 0.717) is 19.0 Å². The SMILES string of the molecule is O=C(NCc1ccc2c(c1)CCO2)c1cc(C(=O)N[C@H]2CCC3=CC(c4nn[nH]n4)CC=C32)ncn1. The lowest BCUT2D eigenvalue weighted by Crippen LogP contribution is -2.35. The smallest absolute Gasteiger partial charge is 0.270 e. The fraction of sp³-hybridized carbons (Fsp3) is 0.320. The number of nitrogens with zero attached hydrogens (tertiary/aromatic N) is 5. The van der Waals surface area contributed by atoms with Crippen LogP contribution in [0.25, 0.3) is 0 Å². The molecule has 2 atom stereocenters. The number of ether oxygens (including phenoxy) is 1. The molecule has 3 N–H and O–H groups in total. The molecular weight excluding hydrogens is 460 g/mol. The molecule has 6 rings (SSSR count). The van der Waals surface area contributed by atoms with Gasteiger partial charge in [-0.25, -0.2) is 9.97 Å². The van der Waals surface area contributed by atoms with Crippen LogP contribution in [0.2, 0.25) is 0 Å². The molecule has 2 amide bonds. The van der Waals surface area contributed by atoms with Gasteiger partial charge in [-0.05, 0) is 47.6 Å². The van der Waals surface area contributed by atoms with Crippen LogP contribution in [0.15, 0.2) is 53.9 Å². The van der Waals surface area contributed by atoms with E-state index in [0.717, 1.165) is 48.1 Å². The Kier molecular flexibility index (Phi) is 5.72. The monoisotopic (exact) mass is 484 g/mol. The number of carbonyl (C=O) groups excluding carboxylic acids is 2. The third-order valence-corrected chi connectivity index (χ3v) is 6.78. The van der Waals surface area contributed by atoms with Crippen LogP contribution in [0.4, 0.5) is 0 Å². The van der Waals surface area contributed by atoms with Crippen LogP contribution in [0.5, 0.6) is 5.75 Å². The third-order valence-electron chi connectivity index (χ3n) is 6.78. The first kappa shape index (κ1) is 22.1. The first-order valence-corrected chi connectivity index (χ1v) is 11.9. The number of tetrazole rings is 1. The van der Waals surface area contributed by atoms with Gasteiger partial charge in [-0.1, -0.05) is 29.5 Å². The molecule has 1 aliphatic heterocycles. The molecule has 0 saturated heterocycles. The lowest BCUT2D eigenvalue weighted by atomic mass is 9.90. The Labute approximate surface area is 206 Å². The summed E-state index contributed by atoms with van der Waals surface area (Å²) >= 11 is 0. The van der Waals surface area contributed by atoms with Crippen molar-refractivity contribution in [3.8, 4) is 5.75 Å². The number of H-pyrrole nitrogens is 1. The Hall–Kier alpha value is -4.41. The van der Waals surface area contributed by atoms with Gasteiger partial charge in [0.05, 0.1) is 12.6 Å². The molecule has 2 aliphatic carbocycles. The summed E-state index contributed by atoms with van der Waals surface area (Å²) in [6.45, 7) is 1.04. The van der Waals surface area contributed by atoms with Gasteiger partial charge in [-0.3, -0.25) is 9.59 Å². The Balaban J connectivity index is 1.08. The standard InChI is InChI=1S/C25H24N8O3/c34-24(26-12-14-1-6-22-16(9-14)7-8-36-22)20-11-21(28-13-27-20)25(35)29-19-5-3-15-10-17(2-4-18(15)19)23-30-32-33-31-23/h1,4,6,9-11,13,17,19H,2-3,5,7-8,12H2,(H,26,34)(H,29,35)(H,30,31,32,33)/t17?,19-/m0/s1. The van der Waals surface area contributed by atoms with Crippen LogP contribution >= 0.6 is 0 Å². The molecule has 3 aromatic rings. The van der Waals surface area contributed by atoms with Crippen LogP contribution in [0.1, 0.15) is 63.1 Å². The van der Waals surface area contributed by atoms with Crippen molar-refractivity contribution in [3.63, 3.8) is 0 Å². The normalized spacial score (nSPS) is 20.0. The maximum atomic E-state index is 13.0. The molecule has 3 aliphatic rings. The Morgan fingerprint density at radius 1 is 1.11 bits per heavy atom. The number of allylic oxidation sites excluding steroid dienone is 2. The minimum atomic E-state index is -0.364. The van der Waals surface area contributed by atoms with Gasteiger partial charge in [0.25, 0.3) is 11.8 Å². The quantitative estimate of drug-likeness (QED) is 0.480. The predicted octanol–water partition coefficient (Wildman–Crippen LogP) is 1.79. The summed E-state index contributed by atoms with van der Waals surface area (Å²) in [5.74, 6) is 0.957. The zero-order valence-electron chi connectivity index (χ0n) is 19.4. The number of rotatable bonds is 6. The van der Waals surface area contributed by atoms with Crippen LogP contribution in [-0.2, 0) is 13.0 Å². The average Bonchev–Trinajstić information content (AvgIpc) is 3.68. The number of benzene rings is 1. The van der Waals surface area contributed by atoms with Gasteiger partial charge in [0.1, 0.15) is 23.5 Å². The Bertz CT molecular complexity index is 1380. The summed E-state index contributed by atoms with van der Waals surface area (Å²) in [7, 11) is 0. The molecule has 1 saturated carbocycles. The number of aromatic nitrogens is 6. The maximum Gasteiger partial charge on any atom is 0.270 e. The minimum Gasteiger partial charge on any atom is -0.493 e. The van der Waals surface area contributed by atoms with E-state index in [4.69, 9.17) is 4.74 Å². The van der Waals surface area contributed by atoms with Crippen molar-refractivity contribution in [1.29, 1.82) is 0 Å². The molecule has 1 unspecified atom stereocenters. The molecule has 3 heterocycles. The van der Waals surface area contributed by atoms with Crippen molar-refractivity contribution in [1.82, 2.24) is 41.2 Å². The van der Waals surface area contributed by atoms with E-state index in [9.17, 15) is 9.59 Å². The topological polar surface area (TPSA) is 148 Å². The van der Waals surface area contributed by atoms with Gasteiger partial charge in [0.15, 0.2) is 5.82 Å². The lowest BCUT2D eigenvalue weighted by molar-refractivity contribution is 0.0938. The van der Waals surface area contributed by atoms with Crippen LogP contribution in [0.3, 0.4) is 0 Å². The molecule has 182 valence electrons. The summed E-state index contributed by atoms with van der Waals surface area (Å²) in [6.07, 6.45) is 8.82. The number of carbonyl (C=O) groups is 2. The highest BCUT2D eigenvalue weighted by Gasteiger charge is 2.31. The van der Waals surface area contributed by atoms with E-state index in [1.807, 2.05) is 18.2 Å². The van der Waals surface area contributed by atoms with Gasteiger partial charge < -0.3 is 15.4 Å². The van der Waals surface area contributed by atoms with E-state index >= 15 is 0 Å². The molecule has 0 spiro atoms. The maximum absolute atomic E-state index is 13.0. The van der Waals surface area contributed by atoms with E-state index in [2.05, 4.69) is 53.4 Å². The Morgan fingerprint density at radius 2 is 2.00 bits per heavy atom. The summed E-state index contributed by atoms with van der Waals surface area (Å²) in [5, 5.41) is 20.2. The average molecular weight is 485 g/mol. The highest BCUT2D eigenvalue weighted by Crippen LogP contribution is 2.38. The molecule has 2 aromatic heterocycles. The summed E-state index contributed by atoms with van der Waals surface area (Å²) in [5.41, 5.74) is 4.74. The molecule has 0 bridgehead atoms. The van der Waals surface area contributed by atoms with Gasteiger partial charge in [-0.15, -0.1) is 10.2 Å². The van der Waals surface area contributed by atoms with Gasteiger partial charge in [-0.2, -0.15) is 5.21 Å².